The van der Waals surface area contributed by atoms with Gasteiger partial charge in [-0.25, -0.2) is 13.1 Å². The van der Waals surface area contributed by atoms with Crippen LogP contribution in [0, 0.1) is 0 Å². The molecule has 0 aliphatic rings. The minimum absolute atomic E-state index is 0.274. The Kier molecular flexibility index (Phi) is 7.15. The van der Waals surface area contributed by atoms with E-state index in [0.29, 0.717) is 19.6 Å². The summed E-state index contributed by atoms with van der Waals surface area (Å²) in [7, 11) is -1.98. The van der Waals surface area contributed by atoms with E-state index in [1.807, 2.05) is 12.1 Å². The number of aryl methyl sites for hydroxylation is 1. The van der Waals surface area contributed by atoms with Gasteiger partial charge in [-0.3, -0.25) is 0 Å². The Labute approximate surface area is 121 Å². The fraction of sp³-hybridized carbons (Fsp3) is 0.571. The Morgan fingerprint density at radius 3 is 2.45 bits per heavy atom. The molecule has 0 aromatic heterocycles. The summed E-state index contributed by atoms with van der Waals surface area (Å²) in [6, 6.07) is 6.68. The Morgan fingerprint density at radius 1 is 1.30 bits per heavy atom. The number of rotatable bonds is 9. The van der Waals surface area contributed by atoms with E-state index in [9.17, 15) is 8.42 Å². The number of methoxy groups -OCH3 is 1. The van der Waals surface area contributed by atoms with Crippen LogP contribution in [0.1, 0.15) is 25.3 Å². The van der Waals surface area contributed by atoms with Gasteiger partial charge >= 0.3 is 0 Å². The lowest BCUT2D eigenvalue weighted by molar-refractivity contribution is 0.172. The summed E-state index contributed by atoms with van der Waals surface area (Å²) in [5.41, 5.74) is 6.62. The molecule has 1 aromatic rings. The molecular weight excluding hydrogens is 276 g/mol. The highest BCUT2D eigenvalue weighted by molar-refractivity contribution is 7.89. The van der Waals surface area contributed by atoms with Crippen LogP contribution in [-0.4, -0.2) is 34.7 Å². The van der Waals surface area contributed by atoms with Gasteiger partial charge in [0.1, 0.15) is 0 Å². The summed E-state index contributed by atoms with van der Waals surface area (Å²) < 4.78 is 32.1. The monoisotopic (exact) mass is 300 g/mol. The number of nitrogens with two attached hydrogens (primary N) is 1. The van der Waals surface area contributed by atoms with Crippen molar-refractivity contribution in [1.29, 1.82) is 0 Å². The maximum absolute atomic E-state index is 12.3. The molecule has 5 nitrogen and oxygen atoms in total. The van der Waals surface area contributed by atoms with Gasteiger partial charge in [-0.05, 0) is 37.1 Å². The van der Waals surface area contributed by atoms with Crippen LogP contribution in [0.3, 0.4) is 0 Å². The number of nitrogens with one attached hydrogen (secondary N) is 1. The smallest absolute Gasteiger partial charge is 0.240 e. The van der Waals surface area contributed by atoms with Gasteiger partial charge < -0.3 is 10.5 Å². The molecule has 0 bridgehead atoms. The molecule has 0 amide bonds. The number of sulfonamides is 1. The molecule has 6 heteroatoms. The molecule has 1 rings (SSSR count). The summed E-state index contributed by atoms with van der Waals surface area (Å²) in [5.74, 6) is 0. The van der Waals surface area contributed by atoms with Crippen LogP contribution in [0.25, 0.3) is 0 Å². The van der Waals surface area contributed by atoms with Crippen LogP contribution in [0.2, 0.25) is 0 Å². The van der Waals surface area contributed by atoms with Crippen molar-refractivity contribution in [2.24, 2.45) is 5.73 Å². The maximum atomic E-state index is 12.3. The predicted molar refractivity (Wildman–Crippen MR) is 80.1 cm³/mol. The normalized spacial score (nSPS) is 13.3. The molecule has 0 saturated heterocycles. The highest BCUT2D eigenvalue weighted by Crippen LogP contribution is 2.12. The standard InChI is InChI=1S/C14H24N2O3S/c1-3-4-12-5-7-14(8-6-12)20(17,18)16-13(9-10-15)11-19-2/h5-8,13,16H,3-4,9-11,15H2,1-2H3. The lowest BCUT2D eigenvalue weighted by atomic mass is 10.1. The molecule has 0 fully saturated rings. The van der Waals surface area contributed by atoms with Crippen molar-refractivity contribution in [1.82, 2.24) is 4.72 Å². The summed E-state index contributed by atoms with van der Waals surface area (Å²) in [5, 5.41) is 0. The van der Waals surface area contributed by atoms with E-state index in [1.54, 1.807) is 12.1 Å². The fourth-order valence-corrected chi connectivity index (χ4v) is 3.25. The van der Waals surface area contributed by atoms with Crippen LogP contribution in [-0.2, 0) is 21.2 Å². The van der Waals surface area contributed by atoms with Gasteiger partial charge in [-0.1, -0.05) is 25.5 Å². The maximum Gasteiger partial charge on any atom is 0.240 e. The van der Waals surface area contributed by atoms with E-state index in [-0.39, 0.29) is 10.9 Å². The van der Waals surface area contributed by atoms with Gasteiger partial charge in [0.15, 0.2) is 0 Å². The molecule has 0 heterocycles. The summed E-state index contributed by atoms with van der Waals surface area (Å²) in [6.07, 6.45) is 2.53. The zero-order valence-electron chi connectivity index (χ0n) is 12.1. The molecule has 20 heavy (non-hydrogen) atoms. The number of benzene rings is 1. The molecular formula is C14H24N2O3S. The van der Waals surface area contributed by atoms with E-state index in [0.717, 1.165) is 18.4 Å². The van der Waals surface area contributed by atoms with Gasteiger partial charge in [-0.2, -0.15) is 0 Å². The first-order chi connectivity index (χ1) is 9.53. The van der Waals surface area contributed by atoms with Crippen molar-refractivity contribution in [3.8, 4) is 0 Å². The van der Waals surface area contributed by atoms with Gasteiger partial charge in [0.05, 0.1) is 11.5 Å². The highest BCUT2D eigenvalue weighted by Gasteiger charge is 2.19. The molecule has 0 aliphatic heterocycles. The second-order valence-corrected chi connectivity index (χ2v) is 6.46. The first kappa shape index (κ1) is 17.1. The van der Waals surface area contributed by atoms with E-state index < -0.39 is 10.0 Å². The predicted octanol–water partition coefficient (Wildman–Crippen LogP) is 1.28. The second-order valence-electron chi connectivity index (χ2n) is 4.74. The van der Waals surface area contributed by atoms with Crippen molar-refractivity contribution in [2.45, 2.75) is 37.1 Å². The van der Waals surface area contributed by atoms with Gasteiger partial charge in [0.25, 0.3) is 0 Å². The fourth-order valence-electron chi connectivity index (χ4n) is 1.99. The first-order valence-corrected chi connectivity index (χ1v) is 8.32. The second kappa shape index (κ2) is 8.36. The van der Waals surface area contributed by atoms with Gasteiger partial charge in [-0.15, -0.1) is 0 Å². The molecule has 114 valence electrons. The van der Waals surface area contributed by atoms with E-state index in [2.05, 4.69) is 11.6 Å². The third-order valence-electron chi connectivity index (χ3n) is 2.98. The van der Waals surface area contributed by atoms with E-state index in [1.165, 1.54) is 7.11 Å². The van der Waals surface area contributed by atoms with Crippen molar-refractivity contribution >= 4 is 10.0 Å². The average Bonchev–Trinajstić information content (AvgIpc) is 2.40. The third-order valence-corrected chi connectivity index (χ3v) is 4.51. The van der Waals surface area contributed by atoms with Crippen LogP contribution in [0.15, 0.2) is 29.2 Å². The van der Waals surface area contributed by atoms with Gasteiger partial charge in [0.2, 0.25) is 10.0 Å². The first-order valence-electron chi connectivity index (χ1n) is 6.83. The Morgan fingerprint density at radius 2 is 1.95 bits per heavy atom. The SMILES string of the molecule is CCCc1ccc(S(=O)(=O)NC(CCN)COC)cc1. The summed E-state index contributed by atoms with van der Waals surface area (Å²) in [6.45, 7) is 2.81. The molecule has 3 N–H and O–H groups in total. The number of ether oxygens (including phenoxy) is 1. The average molecular weight is 300 g/mol. The van der Waals surface area contributed by atoms with Crippen molar-refractivity contribution < 1.29 is 13.2 Å². The minimum atomic E-state index is -3.52. The zero-order valence-corrected chi connectivity index (χ0v) is 12.9. The van der Waals surface area contributed by atoms with Crippen LogP contribution in [0.5, 0.6) is 0 Å². The Balaban J connectivity index is 2.80. The van der Waals surface area contributed by atoms with E-state index >= 15 is 0 Å². The van der Waals surface area contributed by atoms with Crippen molar-refractivity contribution in [2.75, 3.05) is 20.3 Å². The molecule has 0 aliphatic carbocycles. The molecule has 0 radical (unpaired) electrons. The molecule has 1 aromatic carbocycles. The lowest BCUT2D eigenvalue weighted by Crippen LogP contribution is -2.39. The Bertz CT molecular complexity index is 480. The lowest BCUT2D eigenvalue weighted by Gasteiger charge is -2.17. The molecule has 1 atom stereocenters. The van der Waals surface area contributed by atoms with Gasteiger partial charge in [0, 0.05) is 13.2 Å². The van der Waals surface area contributed by atoms with Crippen LogP contribution in [0.4, 0.5) is 0 Å². The van der Waals surface area contributed by atoms with E-state index in [4.69, 9.17) is 10.5 Å². The third kappa shape index (κ3) is 5.20. The molecule has 0 spiro atoms. The summed E-state index contributed by atoms with van der Waals surface area (Å²) >= 11 is 0. The van der Waals surface area contributed by atoms with Crippen molar-refractivity contribution in [3.63, 3.8) is 0 Å². The number of hydrogen-bond acceptors (Lipinski definition) is 4. The summed E-state index contributed by atoms with van der Waals surface area (Å²) in [4.78, 5) is 0.274. The topological polar surface area (TPSA) is 81.4 Å². The quantitative estimate of drug-likeness (QED) is 0.720. The minimum Gasteiger partial charge on any atom is -0.383 e. The molecule has 0 saturated carbocycles. The Hall–Kier alpha value is -0.950. The van der Waals surface area contributed by atoms with Crippen LogP contribution < -0.4 is 10.5 Å². The highest BCUT2D eigenvalue weighted by atomic mass is 32.2. The zero-order chi connectivity index (χ0) is 15.0. The largest absolute Gasteiger partial charge is 0.383 e. The molecule has 1 unspecified atom stereocenters. The van der Waals surface area contributed by atoms with Crippen molar-refractivity contribution in [3.05, 3.63) is 29.8 Å². The van der Waals surface area contributed by atoms with Crippen LogP contribution >= 0.6 is 0 Å². The number of hydrogen-bond donors (Lipinski definition) is 2.